The Morgan fingerprint density at radius 1 is 1.08 bits per heavy atom. The van der Waals surface area contributed by atoms with Gasteiger partial charge in [-0.15, -0.1) is 0 Å². The van der Waals surface area contributed by atoms with E-state index in [2.05, 4.69) is 62.9 Å². The van der Waals surface area contributed by atoms with Gasteiger partial charge in [-0.1, -0.05) is 38.7 Å². The first-order valence-corrected chi connectivity index (χ1v) is 9.02. The third-order valence-electron chi connectivity index (χ3n) is 5.69. The Morgan fingerprint density at radius 3 is 2.60 bits per heavy atom. The van der Waals surface area contributed by atoms with Crippen LogP contribution >= 0.6 is 0 Å². The Balaban J connectivity index is 2.00. The summed E-state index contributed by atoms with van der Waals surface area (Å²) < 4.78 is 0. The lowest BCUT2D eigenvalue weighted by atomic mass is 9.79. The van der Waals surface area contributed by atoms with Crippen molar-refractivity contribution < 1.29 is 0 Å². The van der Waals surface area contributed by atoms with Gasteiger partial charge in [-0.2, -0.15) is 0 Å². The molecule has 2 N–H and O–H groups in total. The molecule has 0 fully saturated rings. The van der Waals surface area contributed by atoms with Gasteiger partial charge < -0.3 is 5.73 Å². The molecule has 2 aromatic carbocycles. The molecule has 1 nitrogen and oxygen atoms in total. The van der Waals surface area contributed by atoms with E-state index in [1.54, 1.807) is 0 Å². The van der Waals surface area contributed by atoms with Crippen molar-refractivity contribution in [1.29, 1.82) is 0 Å². The maximum atomic E-state index is 6.14. The Bertz CT molecular complexity index is 1090. The molecule has 0 aromatic heterocycles. The largest absolute Gasteiger partial charge is 0.402 e. The minimum absolute atomic E-state index is 0.0141. The lowest BCUT2D eigenvalue weighted by Crippen LogP contribution is -2.22. The van der Waals surface area contributed by atoms with E-state index in [0.717, 1.165) is 23.8 Å². The van der Waals surface area contributed by atoms with Crippen molar-refractivity contribution in [1.82, 2.24) is 0 Å². The average molecular weight is 327 g/mol. The van der Waals surface area contributed by atoms with Gasteiger partial charge in [0.15, 0.2) is 0 Å². The Morgan fingerprint density at radius 2 is 1.84 bits per heavy atom. The van der Waals surface area contributed by atoms with E-state index < -0.39 is 0 Å². The standard InChI is InChI=1S/C24H25N/c1-5-6-7-16-11-18-13-22-21(12-17(18)10-15(16)2)20-9-8-19(25)14-23(20)24(22,3)4/h5-7,10-14H,2,8-9,25H2,1,3-4H3/b6-5-,16-7-. The maximum absolute atomic E-state index is 6.14. The molecule has 2 aliphatic rings. The summed E-state index contributed by atoms with van der Waals surface area (Å²) in [5, 5.41) is 4.81. The van der Waals surface area contributed by atoms with Gasteiger partial charge in [0, 0.05) is 11.1 Å². The summed E-state index contributed by atoms with van der Waals surface area (Å²) in [7, 11) is 0. The molecule has 0 bridgehead atoms. The highest BCUT2D eigenvalue weighted by molar-refractivity contribution is 5.93. The zero-order valence-corrected chi connectivity index (χ0v) is 15.3. The predicted octanol–water partition coefficient (Wildman–Crippen LogP) is 4.29. The summed E-state index contributed by atoms with van der Waals surface area (Å²) in [6.07, 6.45) is 10.5. The second-order valence-electron chi connectivity index (χ2n) is 7.72. The minimum atomic E-state index is 0.0141. The smallest absolute Gasteiger partial charge is 0.0156 e. The van der Waals surface area contributed by atoms with Crippen molar-refractivity contribution in [3.8, 4) is 0 Å². The lowest BCUT2D eigenvalue weighted by molar-refractivity contribution is 0.650. The normalized spacial score (nSPS) is 19.5. The number of benzene rings is 2. The highest BCUT2D eigenvalue weighted by atomic mass is 14.6. The van der Waals surface area contributed by atoms with Crippen LogP contribution in [0.15, 0.2) is 53.8 Å². The Hall–Kier alpha value is -2.54. The van der Waals surface area contributed by atoms with E-state index in [0.29, 0.717) is 0 Å². The van der Waals surface area contributed by atoms with Gasteiger partial charge in [0.1, 0.15) is 0 Å². The Labute approximate surface area is 149 Å². The molecule has 2 aliphatic carbocycles. The molecule has 126 valence electrons. The minimum Gasteiger partial charge on any atom is -0.402 e. The van der Waals surface area contributed by atoms with E-state index in [1.807, 2.05) is 13.0 Å². The van der Waals surface area contributed by atoms with Gasteiger partial charge in [0.25, 0.3) is 0 Å². The molecule has 1 heteroatoms. The molecule has 0 saturated carbocycles. The molecule has 0 amide bonds. The number of hydrogen-bond acceptors (Lipinski definition) is 1. The van der Waals surface area contributed by atoms with Crippen LogP contribution in [0.5, 0.6) is 0 Å². The fourth-order valence-electron chi connectivity index (χ4n) is 4.27. The highest BCUT2D eigenvalue weighted by Crippen LogP contribution is 2.51. The van der Waals surface area contributed by atoms with Crippen molar-refractivity contribution in [2.45, 2.75) is 39.0 Å². The van der Waals surface area contributed by atoms with Crippen LogP contribution in [0.3, 0.4) is 0 Å². The van der Waals surface area contributed by atoms with Gasteiger partial charge in [0.2, 0.25) is 0 Å². The summed E-state index contributed by atoms with van der Waals surface area (Å²) in [5.41, 5.74) is 12.9. The van der Waals surface area contributed by atoms with Crippen LogP contribution in [0.4, 0.5) is 0 Å². The van der Waals surface area contributed by atoms with Gasteiger partial charge >= 0.3 is 0 Å². The Kier molecular flexibility index (Phi) is 3.50. The topological polar surface area (TPSA) is 26.0 Å². The van der Waals surface area contributed by atoms with Gasteiger partial charge in [-0.3, -0.25) is 0 Å². The molecule has 0 atom stereocenters. The van der Waals surface area contributed by atoms with Crippen molar-refractivity contribution in [2.24, 2.45) is 5.73 Å². The van der Waals surface area contributed by atoms with Crippen molar-refractivity contribution >= 4 is 29.0 Å². The molecule has 4 rings (SSSR count). The van der Waals surface area contributed by atoms with Gasteiger partial charge in [-0.05, 0) is 93.6 Å². The van der Waals surface area contributed by atoms with Crippen LogP contribution in [0.25, 0.3) is 29.0 Å². The summed E-state index contributed by atoms with van der Waals surface area (Å²) >= 11 is 0. The molecule has 25 heavy (non-hydrogen) atoms. The predicted molar refractivity (Wildman–Crippen MR) is 109 cm³/mol. The summed E-state index contributed by atoms with van der Waals surface area (Å²) in [6.45, 7) is 10.9. The molecular formula is C24H25N. The summed E-state index contributed by atoms with van der Waals surface area (Å²) in [4.78, 5) is 0. The lowest BCUT2D eigenvalue weighted by Gasteiger charge is -2.25. The summed E-state index contributed by atoms with van der Waals surface area (Å²) in [6, 6.07) is 9.21. The third kappa shape index (κ3) is 2.38. The maximum Gasteiger partial charge on any atom is 0.0156 e. The zero-order chi connectivity index (χ0) is 17.8. The van der Waals surface area contributed by atoms with E-state index in [1.165, 1.54) is 38.3 Å². The molecular weight excluding hydrogens is 302 g/mol. The first kappa shape index (κ1) is 16.0. The molecule has 0 spiro atoms. The van der Waals surface area contributed by atoms with Gasteiger partial charge in [0.05, 0.1) is 0 Å². The zero-order valence-electron chi connectivity index (χ0n) is 15.3. The van der Waals surface area contributed by atoms with Crippen molar-refractivity contribution in [2.75, 3.05) is 0 Å². The molecule has 0 aliphatic heterocycles. The average Bonchev–Trinajstić information content (AvgIpc) is 2.78. The van der Waals surface area contributed by atoms with Gasteiger partial charge in [-0.25, -0.2) is 0 Å². The highest BCUT2D eigenvalue weighted by Gasteiger charge is 2.37. The fraction of sp³-hybridized carbons (Fsp3) is 0.250. The number of hydrogen-bond donors (Lipinski definition) is 1. The van der Waals surface area contributed by atoms with E-state index in [9.17, 15) is 0 Å². The third-order valence-corrected chi connectivity index (χ3v) is 5.69. The fourth-order valence-corrected chi connectivity index (χ4v) is 4.27. The first-order valence-electron chi connectivity index (χ1n) is 9.02. The van der Waals surface area contributed by atoms with Crippen LogP contribution in [0.2, 0.25) is 0 Å². The second kappa shape index (κ2) is 5.49. The van der Waals surface area contributed by atoms with Crippen LogP contribution in [0.1, 0.15) is 44.7 Å². The van der Waals surface area contributed by atoms with E-state index >= 15 is 0 Å². The molecule has 2 aromatic rings. The van der Waals surface area contributed by atoms with Crippen LogP contribution in [-0.2, 0) is 5.41 Å². The number of rotatable bonds is 1. The van der Waals surface area contributed by atoms with Crippen LogP contribution < -0.4 is 16.2 Å². The van der Waals surface area contributed by atoms with Crippen LogP contribution in [0, 0.1) is 0 Å². The SMILES string of the molecule is C=c1cc2cc3c(cc2c/c1=C/C=C\C)C(C)(C)C1=C3CCC(N)=C1. The number of fused-ring (bicyclic) bond motifs is 3. The first-order chi connectivity index (χ1) is 11.9. The van der Waals surface area contributed by atoms with Crippen LogP contribution in [-0.4, -0.2) is 0 Å². The number of nitrogens with two attached hydrogens (primary N) is 1. The molecule has 0 unspecified atom stereocenters. The quantitative estimate of drug-likeness (QED) is 0.831. The number of allylic oxidation sites excluding steroid dienone is 6. The molecule has 0 heterocycles. The molecule has 0 saturated heterocycles. The molecule has 0 radical (unpaired) electrons. The monoisotopic (exact) mass is 327 g/mol. The van der Waals surface area contributed by atoms with E-state index in [-0.39, 0.29) is 5.41 Å². The second-order valence-corrected chi connectivity index (χ2v) is 7.72. The summed E-state index contributed by atoms with van der Waals surface area (Å²) in [5.74, 6) is 0. The van der Waals surface area contributed by atoms with Crippen molar-refractivity contribution in [3.63, 3.8) is 0 Å². The van der Waals surface area contributed by atoms with E-state index in [4.69, 9.17) is 5.73 Å². The van der Waals surface area contributed by atoms with Crippen molar-refractivity contribution in [3.05, 3.63) is 75.3 Å².